The van der Waals surface area contributed by atoms with E-state index < -0.39 is 35.8 Å². The molecule has 196 valence electrons. The maximum atomic E-state index is 13.1. The number of amides is 2. The van der Waals surface area contributed by atoms with Crippen molar-refractivity contribution in [2.75, 3.05) is 25.7 Å². The number of alkyl carbamates (subject to hydrolysis) is 2. The van der Waals surface area contributed by atoms with Crippen LogP contribution < -0.4 is 15.4 Å². The highest BCUT2D eigenvalue weighted by Crippen LogP contribution is 2.23. The number of carbonyl (C=O) groups excluding carboxylic acids is 3. The fourth-order valence-corrected chi connectivity index (χ4v) is 3.34. The van der Waals surface area contributed by atoms with E-state index in [1.165, 1.54) is 18.9 Å². The number of thioether (sulfide) groups is 1. The molecule has 0 saturated carbocycles. The van der Waals surface area contributed by atoms with E-state index in [-0.39, 0.29) is 13.2 Å². The second-order valence-electron chi connectivity index (χ2n) is 8.74. The number of rotatable bonds is 11. The van der Waals surface area contributed by atoms with E-state index in [0.29, 0.717) is 17.1 Å². The summed E-state index contributed by atoms with van der Waals surface area (Å²) in [6.45, 7) is 5.32. The predicted molar refractivity (Wildman–Crippen MR) is 138 cm³/mol. The summed E-state index contributed by atoms with van der Waals surface area (Å²) < 4.78 is 21.3. The predicted octanol–water partition coefficient (Wildman–Crippen LogP) is 4.46. The molecule has 0 aliphatic carbocycles. The molecule has 2 atom stereocenters. The molecule has 0 aliphatic rings. The lowest BCUT2D eigenvalue weighted by molar-refractivity contribution is -0.146. The van der Waals surface area contributed by atoms with Crippen molar-refractivity contribution in [2.24, 2.45) is 0 Å². The Kier molecular flexibility index (Phi) is 11.4. The zero-order valence-corrected chi connectivity index (χ0v) is 22.1. The Hall–Kier alpha value is -3.40. The van der Waals surface area contributed by atoms with Gasteiger partial charge in [-0.25, -0.2) is 14.4 Å². The Morgan fingerprint density at radius 1 is 0.917 bits per heavy atom. The van der Waals surface area contributed by atoms with Crippen LogP contribution in [0.15, 0.2) is 54.6 Å². The number of nitrogens with one attached hydrogen (secondary N) is 2. The third kappa shape index (κ3) is 10.1. The summed E-state index contributed by atoms with van der Waals surface area (Å²) in [5.74, 6) is 0.436. The fraction of sp³-hybridized carbons (Fsp3) is 0.423. The average Bonchev–Trinajstić information content (AvgIpc) is 2.84. The Bertz CT molecular complexity index is 978. The van der Waals surface area contributed by atoms with Crippen molar-refractivity contribution in [1.82, 2.24) is 10.6 Å². The molecule has 0 unspecified atom stereocenters. The van der Waals surface area contributed by atoms with Gasteiger partial charge in [0.05, 0.1) is 13.2 Å². The van der Waals surface area contributed by atoms with Crippen molar-refractivity contribution in [3.05, 3.63) is 65.7 Å². The van der Waals surface area contributed by atoms with Crippen LogP contribution >= 0.6 is 11.8 Å². The zero-order valence-electron chi connectivity index (χ0n) is 21.2. The van der Waals surface area contributed by atoms with Crippen LogP contribution in [0.25, 0.3) is 0 Å². The van der Waals surface area contributed by atoms with Crippen molar-refractivity contribution in [3.63, 3.8) is 0 Å². The first-order valence-electron chi connectivity index (χ1n) is 11.4. The number of hydrogen-bond acceptors (Lipinski definition) is 8. The molecule has 0 bridgehead atoms. The van der Waals surface area contributed by atoms with Gasteiger partial charge in [0, 0.05) is 5.75 Å². The summed E-state index contributed by atoms with van der Waals surface area (Å²) in [5, 5.41) is 5.26. The van der Waals surface area contributed by atoms with E-state index >= 15 is 0 Å². The largest absolute Gasteiger partial charge is 0.497 e. The van der Waals surface area contributed by atoms with Crippen LogP contribution in [0.3, 0.4) is 0 Å². The molecule has 2 amide bonds. The van der Waals surface area contributed by atoms with E-state index in [1.807, 2.05) is 36.6 Å². The first-order valence-corrected chi connectivity index (χ1v) is 12.8. The highest BCUT2D eigenvalue weighted by molar-refractivity contribution is 7.98. The normalized spacial score (nSPS) is 12.6. The van der Waals surface area contributed by atoms with Crippen molar-refractivity contribution in [1.29, 1.82) is 0 Å². The van der Waals surface area contributed by atoms with Gasteiger partial charge in [-0.3, -0.25) is 0 Å². The fourth-order valence-electron chi connectivity index (χ4n) is 3.09. The zero-order chi connectivity index (χ0) is 26.6. The molecule has 0 heterocycles. The van der Waals surface area contributed by atoms with Gasteiger partial charge in [-0.2, -0.15) is 11.8 Å². The van der Waals surface area contributed by atoms with Gasteiger partial charge in [0.25, 0.3) is 0 Å². The number of hydrogen-bond donors (Lipinski definition) is 2. The lowest BCUT2D eigenvalue weighted by Gasteiger charge is -2.29. The quantitative estimate of drug-likeness (QED) is 0.255. The lowest BCUT2D eigenvalue weighted by Crippen LogP contribution is -2.52. The van der Waals surface area contributed by atoms with E-state index in [0.717, 1.165) is 5.56 Å². The Morgan fingerprint density at radius 2 is 1.58 bits per heavy atom. The minimum absolute atomic E-state index is 0.00755. The van der Waals surface area contributed by atoms with Crippen LogP contribution in [0, 0.1) is 0 Å². The monoisotopic (exact) mass is 518 g/mol. The van der Waals surface area contributed by atoms with Crippen molar-refractivity contribution in [3.8, 4) is 5.75 Å². The van der Waals surface area contributed by atoms with Crippen LogP contribution in [0.4, 0.5) is 9.59 Å². The van der Waals surface area contributed by atoms with Crippen LogP contribution in [0.5, 0.6) is 5.75 Å². The molecule has 0 radical (unpaired) electrons. The molecule has 0 aliphatic heterocycles. The molecule has 2 N–H and O–H groups in total. The van der Waals surface area contributed by atoms with Gasteiger partial charge < -0.3 is 29.6 Å². The van der Waals surface area contributed by atoms with Crippen molar-refractivity contribution < 1.29 is 33.3 Å². The molecular formula is C26H34N2O7S. The Morgan fingerprint density at radius 3 is 2.17 bits per heavy atom. The molecule has 0 aromatic heterocycles. The number of carbonyl (C=O) groups is 3. The van der Waals surface area contributed by atoms with Crippen molar-refractivity contribution >= 4 is 29.9 Å². The minimum Gasteiger partial charge on any atom is -0.497 e. The minimum atomic E-state index is -1.30. The molecule has 9 nitrogen and oxygen atoms in total. The topological polar surface area (TPSA) is 112 Å². The smallest absolute Gasteiger partial charge is 0.408 e. The highest BCUT2D eigenvalue weighted by Gasteiger charge is 2.35. The maximum absolute atomic E-state index is 13.1. The summed E-state index contributed by atoms with van der Waals surface area (Å²) in [7, 11) is 1.53. The van der Waals surface area contributed by atoms with Crippen LogP contribution in [0.1, 0.15) is 37.9 Å². The molecule has 2 aromatic carbocycles. The molecule has 0 spiro atoms. The van der Waals surface area contributed by atoms with E-state index in [1.54, 1.807) is 45.0 Å². The molecule has 2 rings (SSSR count). The van der Waals surface area contributed by atoms with Gasteiger partial charge in [0.1, 0.15) is 24.6 Å². The number of esters is 1. The third-order valence-electron chi connectivity index (χ3n) is 4.75. The van der Waals surface area contributed by atoms with Gasteiger partial charge in [-0.05, 0) is 50.3 Å². The molecular weight excluding hydrogens is 484 g/mol. The Balaban J connectivity index is 2.31. The number of benzene rings is 2. The summed E-state index contributed by atoms with van der Waals surface area (Å²) in [4.78, 5) is 38.5. The molecule has 0 saturated heterocycles. The second-order valence-corrected chi connectivity index (χ2v) is 9.73. The summed E-state index contributed by atoms with van der Waals surface area (Å²) >= 11 is 1.51. The van der Waals surface area contributed by atoms with Crippen LogP contribution in [0.2, 0.25) is 0 Å². The van der Waals surface area contributed by atoms with E-state index in [4.69, 9.17) is 18.9 Å². The van der Waals surface area contributed by atoms with Gasteiger partial charge >= 0.3 is 18.2 Å². The van der Waals surface area contributed by atoms with Gasteiger partial charge in [0.2, 0.25) is 0 Å². The molecule has 10 heteroatoms. The molecule has 36 heavy (non-hydrogen) atoms. The maximum Gasteiger partial charge on any atom is 0.408 e. The first kappa shape index (κ1) is 28.8. The third-order valence-corrected chi connectivity index (χ3v) is 5.33. The molecule has 2 aromatic rings. The standard InChI is InChI=1S/C26H34N2O7S/c1-26(2,3)35-25(31)27-21(19-11-13-20(32-4)14-12-19)22(23(29)33-15-16-36-5)28-24(30)34-17-18-9-7-6-8-10-18/h6-14,21-22H,15-17H2,1-5H3,(H,27,31)(H,28,30)/t21-,22+/m0/s1. The van der Waals surface area contributed by atoms with E-state index in [2.05, 4.69) is 10.6 Å². The summed E-state index contributed by atoms with van der Waals surface area (Å²) in [6, 6.07) is 13.5. The highest BCUT2D eigenvalue weighted by atomic mass is 32.2. The SMILES string of the molecule is COc1ccc([C@H](NC(=O)OC(C)(C)C)[C@@H](NC(=O)OCc2ccccc2)C(=O)OCCSC)cc1. The van der Waals surface area contributed by atoms with Crippen LogP contribution in [-0.2, 0) is 25.6 Å². The molecule has 0 fully saturated rings. The second kappa shape index (κ2) is 14.2. The van der Waals surface area contributed by atoms with Gasteiger partial charge in [0.15, 0.2) is 6.04 Å². The lowest BCUT2D eigenvalue weighted by atomic mass is 9.99. The number of methoxy groups -OCH3 is 1. The van der Waals surface area contributed by atoms with E-state index in [9.17, 15) is 14.4 Å². The van der Waals surface area contributed by atoms with Crippen molar-refractivity contribution in [2.45, 2.75) is 45.1 Å². The Labute approximate surface area is 216 Å². The summed E-state index contributed by atoms with van der Waals surface area (Å²) in [6.07, 6.45) is 0.286. The summed E-state index contributed by atoms with van der Waals surface area (Å²) in [5.41, 5.74) is 0.535. The number of ether oxygens (including phenoxy) is 4. The van der Waals surface area contributed by atoms with Gasteiger partial charge in [-0.15, -0.1) is 0 Å². The van der Waals surface area contributed by atoms with Gasteiger partial charge in [-0.1, -0.05) is 42.5 Å². The first-order chi connectivity index (χ1) is 17.1. The van der Waals surface area contributed by atoms with Crippen LogP contribution in [-0.4, -0.2) is 55.5 Å². The average molecular weight is 519 g/mol.